The van der Waals surface area contributed by atoms with E-state index >= 15 is 0 Å². The van der Waals surface area contributed by atoms with Crippen LogP contribution < -0.4 is 0 Å². The molecule has 0 aromatic heterocycles. The molecule has 0 spiro atoms. The van der Waals surface area contributed by atoms with Crippen LogP contribution >= 0.6 is 0 Å². The topological polar surface area (TPSA) is 44.8 Å². The van der Waals surface area contributed by atoms with Gasteiger partial charge in [-0.05, 0) is 35.7 Å². The van der Waals surface area contributed by atoms with E-state index < -0.39 is 0 Å². The number of rotatable bonds is 9. The Morgan fingerprint density at radius 1 is 0.913 bits per heavy atom. The van der Waals surface area contributed by atoms with Crippen molar-refractivity contribution >= 4 is 16.7 Å². The first-order valence-electron chi connectivity index (χ1n) is 8.11. The highest BCUT2D eigenvalue weighted by Crippen LogP contribution is 2.24. The van der Waals surface area contributed by atoms with E-state index in [1.807, 2.05) is 43.3 Å². The molecule has 0 aliphatic rings. The lowest BCUT2D eigenvalue weighted by atomic mass is 10.00. The third kappa shape index (κ3) is 4.78. The molecule has 0 saturated carbocycles. The summed E-state index contributed by atoms with van der Waals surface area (Å²) in [5.74, 6) is -0.288. The van der Waals surface area contributed by atoms with Gasteiger partial charge in [0.2, 0.25) is 0 Å². The second-order valence-electron chi connectivity index (χ2n) is 5.20. The van der Waals surface area contributed by atoms with Gasteiger partial charge in [0.05, 0.1) is 32.0 Å². The molecular weight excluding hydrogens is 292 g/mol. The summed E-state index contributed by atoms with van der Waals surface area (Å²) >= 11 is 0. The maximum Gasteiger partial charge on any atom is 0.338 e. The third-order valence-corrected chi connectivity index (χ3v) is 3.49. The van der Waals surface area contributed by atoms with E-state index in [0.717, 1.165) is 29.4 Å². The molecule has 0 unspecified atom stereocenters. The van der Waals surface area contributed by atoms with E-state index in [-0.39, 0.29) is 5.97 Å². The molecule has 2 rings (SSSR count). The maximum atomic E-state index is 12.1. The highest BCUT2D eigenvalue weighted by atomic mass is 16.5. The summed E-state index contributed by atoms with van der Waals surface area (Å²) < 4.78 is 16.2. The number of hydrogen-bond acceptors (Lipinski definition) is 4. The summed E-state index contributed by atoms with van der Waals surface area (Å²) in [4.78, 5) is 12.1. The lowest BCUT2D eigenvalue weighted by Crippen LogP contribution is -2.07. The van der Waals surface area contributed by atoms with Gasteiger partial charge in [0.1, 0.15) is 0 Å². The number of benzene rings is 2. The highest BCUT2D eigenvalue weighted by Gasteiger charge is 2.13. The number of hydrogen-bond donors (Lipinski definition) is 0. The normalized spacial score (nSPS) is 10.9. The SMILES string of the molecule is CCCOCCOCc1ccc(C(=O)OCC)c2ccccc12. The van der Waals surface area contributed by atoms with Crippen LogP contribution in [0.15, 0.2) is 36.4 Å². The van der Waals surface area contributed by atoms with Crippen molar-refractivity contribution in [3.8, 4) is 0 Å². The van der Waals surface area contributed by atoms with Crippen molar-refractivity contribution in [1.82, 2.24) is 0 Å². The first-order chi connectivity index (χ1) is 11.3. The van der Waals surface area contributed by atoms with Crippen LogP contribution in [0, 0.1) is 0 Å². The fourth-order valence-electron chi connectivity index (χ4n) is 2.42. The van der Waals surface area contributed by atoms with Gasteiger partial charge in [0.25, 0.3) is 0 Å². The summed E-state index contributed by atoms with van der Waals surface area (Å²) in [6, 6.07) is 11.6. The predicted octanol–water partition coefficient (Wildman–Crippen LogP) is 3.96. The molecule has 0 aliphatic carbocycles. The number of carbonyl (C=O) groups is 1. The third-order valence-electron chi connectivity index (χ3n) is 3.49. The molecule has 124 valence electrons. The molecule has 0 atom stereocenters. The van der Waals surface area contributed by atoms with Crippen LogP contribution in [0.4, 0.5) is 0 Å². The van der Waals surface area contributed by atoms with Crippen molar-refractivity contribution in [3.05, 3.63) is 47.5 Å². The zero-order valence-electron chi connectivity index (χ0n) is 13.8. The molecule has 0 fully saturated rings. The van der Waals surface area contributed by atoms with Crippen molar-refractivity contribution in [2.45, 2.75) is 26.9 Å². The summed E-state index contributed by atoms with van der Waals surface area (Å²) in [6.45, 7) is 6.69. The molecular formula is C19H24O4. The molecule has 2 aromatic rings. The van der Waals surface area contributed by atoms with E-state index in [1.165, 1.54) is 0 Å². The fourth-order valence-corrected chi connectivity index (χ4v) is 2.42. The van der Waals surface area contributed by atoms with Crippen molar-refractivity contribution in [2.75, 3.05) is 26.4 Å². The van der Waals surface area contributed by atoms with Crippen LogP contribution in [0.5, 0.6) is 0 Å². The van der Waals surface area contributed by atoms with Gasteiger partial charge in [-0.3, -0.25) is 0 Å². The zero-order valence-corrected chi connectivity index (χ0v) is 13.8. The second-order valence-corrected chi connectivity index (χ2v) is 5.20. The molecule has 0 heterocycles. The smallest absolute Gasteiger partial charge is 0.338 e. The van der Waals surface area contributed by atoms with Crippen molar-refractivity contribution in [2.24, 2.45) is 0 Å². The van der Waals surface area contributed by atoms with E-state index in [0.29, 0.717) is 32.0 Å². The van der Waals surface area contributed by atoms with E-state index in [4.69, 9.17) is 14.2 Å². The van der Waals surface area contributed by atoms with Crippen molar-refractivity contribution < 1.29 is 19.0 Å². The number of carbonyl (C=O) groups excluding carboxylic acids is 1. The Morgan fingerprint density at radius 2 is 1.65 bits per heavy atom. The highest BCUT2D eigenvalue weighted by molar-refractivity contribution is 6.05. The molecule has 4 heteroatoms. The predicted molar refractivity (Wildman–Crippen MR) is 90.7 cm³/mol. The van der Waals surface area contributed by atoms with Gasteiger partial charge in [0.15, 0.2) is 0 Å². The Kier molecular flexibility index (Phi) is 7.04. The lowest BCUT2D eigenvalue weighted by molar-refractivity contribution is 0.0412. The van der Waals surface area contributed by atoms with Gasteiger partial charge in [-0.25, -0.2) is 4.79 Å². The minimum atomic E-state index is -0.288. The van der Waals surface area contributed by atoms with Crippen LogP contribution in [-0.4, -0.2) is 32.4 Å². The minimum Gasteiger partial charge on any atom is -0.462 e. The van der Waals surface area contributed by atoms with Crippen LogP contribution in [0.2, 0.25) is 0 Å². The lowest BCUT2D eigenvalue weighted by Gasteiger charge is -2.11. The molecule has 0 radical (unpaired) electrons. The van der Waals surface area contributed by atoms with E-state index in [2.05, 4.69) is 6.92 Å². The van der Waals surface area contributed by atoms with Crippen LogP contribution in [0.25, 0.3) is 10.8 Å². The first kappa shape index (κ1) is 17.4. The summed E-state index contributed by atoms with van der Waals surface area (Å²) in [7, 11) is 0. The van der Waals surface area contributed by atoms with Gasteiger partial charge in [-0.15, -0.1) is 0 Å². The minimum absolute atomic E-state index is 0.288. The summed E-state index contributed by atoms with van der Waals surface area (Å²) in [5.41, 5.74) is 1.65. The zero-order chi connectivity index (χ0) is 16.5. The second kappa shape index (κ2) is 9.28. The van der Waals surface area contributed by atoms with Gasteiger partial charge < -0.3 is 14.2 Å². The molecule has 0 amide bonds. The maximum absolute atomic E-state index is 12.1. The van der Waals surface area contributed by atoms with Gasteiger partial charge in [-0.2, -0.15) is 0 Å². The monoisotopic (exact) mass is 316 g/mol. The first-order valence-corrected chi connectivity index (χ1v) is 8.11. The Bertz CT molecular complexity index is 636. The molecule has 23 heavy (non-hydrogen) atoms. The summed E-state index contributed by atoms with van der Waals surface area (Å²) in [6.07, 6.45) is 1.01. The summed E-state index contributed by atoms with van der Waals surface area (Å²) in [5, 5.41) is 1.92. The number of ether oxygens (including phenoxy) is 3. The Hall–Kier alpha value is -1.91. The van der Waals surface area contributed by atoms with Crippen molar-refractivity contribution in [1.29, 1.82) is 0 Å². The standard InChI is InChI=1S/C19H24O4/c1-3-11-21-12-13-22-14-15-9-10-18(19(20)23-4-2)17-8-6-5-7-16(15)17/h5-10H,3-4,11-14H2,1-2H3. The van der Waals surface area contributed by atoms with Gasteiger partial charge in [0, 0.05) is 6.61 Å². The molecule has 0 N–H and O–H groups in total. The van der Waals surface area contributed by atoms with E-state index in [9.17, 15) is 4.79 Å². The molecule has 4 nitrogen and oxygen atoms in total. The Balaban J connectivity index is 2.10. The average molecular weight is 316 g/mol. The molecule has 0 bridgehead atoms. The molecule has 0 aliphatic heterocycles. The fraction of sp³-hybridized carbons (Fsp3) is 0.421. The van der Waals surface area contributed by atoms with Crippen LogP contribution in [-0.2, 0) is 20.8 Å². The van der Waals surface area contributed by atoms with Crippen LogP contribution in [0.1, 0.15) is 36.2 Å². The Labute approximate surface area is 137 Å². The van der Waals surface area contributed by atoms with Crippen molar-refractivity contribution in [3.63, 3.8) is 0 Å². The van der Waals surface area contributed by atoms with Gasteiger partial charge in [-0.1, -0.05) is 37.3 Å². The Morgan fingerprint density at radius 3 is 2.39 bits per heavy atom. The molecule has 0 saturated heterocycles. The quantitative estimate of drug-likeness (QED) is 0.519. The number of fused-ring (bicyclic) bond motifs is 1. The van der Waals surface area contributed by atoms with Gasteiger partial charge >= 0.3 is 5.97 Å². The molecule has 2 aromatic carbocycles. The van der Waals surface area contributed by atoms with E-state index in [1.54, 1.807) is 0 Å². The largest absolute Gasteiger partial charge is 0.462 e. The number of esters is 1. The van der Waals surface area contributed by atoms with Crippen LogP contribution in [0.3, 0.4) is 0 Å². The average Bonchev–Trinajstić information content (AvgIpc) is 2.58.